The number of nitro benzene ring substituents is 1. The molecular formula is C48H61ClN4O12. The highest BCUT2D eigenvalue weighted by molar-refractivity contribution is 6.18. The van der Waals surface area contributed by atoms with Crippen LogP contribution in [0.1, 0.15) is 73.4 Å². The number of rotatable bonds is 26. The van der Waals surface area contributed by atoms with Crippen molar-refractivity contribution < 1.29 is 53.6 Å². The minimum Gasteiger partial charge on any atom is -0.487 e. The van der Waals surface area contributed by atoms with E-state index in [2.05, 4.69) is 17.6 Å². The summed E-state index contributed by atoms with van der Waals surface area (Å²) < 4.78 is 32.1. The van der Waals surface area contributed by atoms with Crippen molar-refractivity contribution in [2.75, 3.05) is 58.7 Å². The molecule has 0 radical (unpaired) electrons. The number of aromatic nitrogens is 1. The number of unbranched alkanes of at least 4 members (excludes halogenated alkanes) is 2. The van der Waals surface area contributed by atoms with Gasteiger partial charge in [-0.15, -0.1) is 18.2 Å². The quantitative estimate of drug-likeness (QED) is 0.0236. The number of oxime groups is 1. The third-order valence-corrected chi connectivity index (χ3v) is 12.3. The van der Waals surface area contributed by atoms with Crippen molar-refractivity contribution in [1.29, 1.82) is 0 Å². The number of aryl methyl sites for hydroxylation is 1. The lowest BCUT2D eigenvalue weighted by Crippen LogP contribution is -2.70. The van der Waals surface area contributed by atoms with Crippen molar-refractivity contribution in [3.63, 3.8) is 0 Å². The Morgan fingerprint density at radius 2 is 1.82 bits per heavy atom. The molecule has 352 valence electrons. The molecule has 6 atom stereocenters. The Hall–Kier alpha value is -5.10. The van der Waals surface area contributed by atoms with E-state index >= 15 is 0 Å². The number of alkyl halides is 1. The molecule has 1 aromatic heterocycles. The lowest BCUT2D eigenvalue weighted by molar-refractivity contribution is -0.384. The van der Waals surface area contributed by atoms with Crippen LogP contribution in [0.15, 0.2) is 90.1 Å². The van der Waals surface area contributed by atoms with Crippen molar-refractivity contribution >= 4 is 29.1 Å². The molecule has 3 N–H and O–H groups in total. The monoisotopic (exact) mass is 920 g/mol. The fraction of sp³-hybridized carbons (Fsp3) is 0.521. The number of carbonyl (C=O) groups excluding carboxylic acids is 1. The topological polar surface area (TPSA) is 205 Å². The first kappa shape index (κ1) is 49.3. The van der Waals surface area contributed by atoms with E-state index in [9.17, 15) is 30.2 Å². The lowest BCUT2D eigenvalue weighted by Gasteiger charge is -2.59. The molecule has 6 unspecified atom stereocenters. The Bertz CT molecular complexity index is 2100. The van der Waals surface area contributed by atoms with Crippen LogP contribution in [-0.2, 0) is 32.3 Å². The van der Waals surface area contributed by atoms with Crippen LogP contribution in [0.5, 0.6) is 11.5 Å². The number of pyridine rings is 1. The molecule has 1 saturated carbocycles. The van der Waals surface area contributed by atoms with Crippen LogP contribution in [-0.4, -0.2) is 112 Å². The largest absolute Gasteiger partial charge is 0.487 e. The number of amides is 1. The number of benzene rings is 2. The molecule has 65 heavy (non-hydrogen) atoms. The van der Waals surface area contributed by atoms with Crippen LogP contribution in [0.3, 0.4) is 0 Å². The summed E-state index contributed by atoms with van der Waals surface area (Å²) in [6.45, 7) is 6.15. The summed E-state index contributed by atoms with van der Waals surface area (Å²) in [7, 11) is 0. The summed E-state index contributed by atoms with van der Waals surface area (Å²) in [6, 6.07) is 16.7. The third kappa shape index (κ3) is 12.2. The smallest absolute Gasteiger partial charge is 0.410 e. The van der Waals surface area contributed by atoms with Crippen LogP contribution >= 0.6 is 11.6 Å². The number of nitrogens with zero attached hydrogens (tertiary/aromatic N) is 4. The summed E-state index contributed by atoms with van der Waals surface area (Å²) in [4.78, 5) is 37.5. The molecule has 0 bridgehead atoms. The van der Waals surface area contributed by atoms with Crippen molar-refractivity contribution in [3.05, 3.63) is 118 Å². The second-order valence-electron chi connectivity index (χ2n) is 16.4. The van der Waals surface area contributed by atoms with Crippen molar-refractivity contribution in [1.82, 2.24) is 9.88 Å². The van der Waals surface area contributed by atoms with Gasteiger partial charge in [0.05, 0.1) is 54.6 Å². The normalized spacial score (nSPS) is 22.5. The van der Waals surface area contributed by atoms with Crippen LogP contribution in [0.4, 0.5) is 10.5 Å². The third-order valence-electron chi connectivity index (χ3n) is 12.2. The molecule has 2 aliphatic carbocycles. The van der Waals surface area contributed by atoms with E-state index < -0.39 is 28.8 Å². The lowest BCUT2D eigenvalue weighted by atomic mass is 9.55. The average molecular weight is 921 g/mol. The number of aliphatic hydroxyl groups is 3. The minimum atomic E-state index is -1.56. The van der Waals surface area contributed by atoms with E-state index in [-0.39, 0.29) is 102 Å². The summed E-state index contributed by atoms with van der Waals surface area (Å²) in [5.41, 5.74) is 4.50. The van der Waals surface area contributed by atoms with Gasteiger partial charge in [0.15, 0.2) is 0 Å². The second kappa shape index (κ2) is 24.4. The first-order valence-corrected chi connectivity index (χ1v) is 22.9. The Labute approximate surface area is 384 Å². The maximum atomic E-state index is 14.3. The number of nitro groups is 1. The Balaban J connectivity index is 1.55. The predicted molar refractivity (Wildman–Crippen MR) is 243 cm³/mol. The van der Waals surface area contributed by atoms with Gasteiger partial charge < -0.3 is 43.8 Å². The zero-order valence-corrected chi connectivity index (χ0v) is 37.7. The molecule has 16 nitrogen and oxygen atoms in total. The predicted octanol–water partition coefficient (Wildman–Crippen LogP) is 7.40. The van der Waals surface area contributed by atoms with Gasteiger partial charge in [0, 0.05) is 55.5 Å². The Morgan fingerprint density at radius 3 is 2.52 bits per heavy atom. The van der Waals surface area contributed by atoms with Crippen molar-refractivity contribution in [2.24, 2.45) is 22.9 Å². The molecule has 2 heterocycles. The summed E-state index contributed by atoms with van der Waals surface area (Å²) in [5, 5.41) is 45.6. The van der Waals surface area contributed by atoms with Gasteiger partial charge in [0.1, 0.15) is 37.4 Å². The van der Waals surface area contributed by atoms with Gasteiger partial charge in [-0.1, -0.05) is 36.2 Å². The maximum Gasteiger partial charge on any atom is 0.410 e. The molecule has 6 rings (SSSR count). The zero-order chi connectivity index (χ0) is 46.2. The van der Waals surface area contributed by atoms with Crippen molar-refractivity contribution in [3.8, 4) is 11.5 Å². The minimum absolute atomic E-state index is 0.00165. The van der Waals surface area contributed by atoms with E-state index in [1.807, 2.05) is 43.3 Å². The summed E-state index contributed by atoms with van der Waals surface area (Å²) in [6.07, 6.45) is 7.46. The van der Waals surface area contributed by atoms with Gasteiger partial charge >= 0.3 is 6.09 Å². The van der Waals surface area contributed by atoms with Gasteiger partial charge in [-0.05, 0) is 98.0 Å². The van der Waals surface area contributed by atoms with E-state index in [1.54, 1.807) is 18.2 Å². The number of hydrogen-bond donors (Lipinski definition) is 3. The molecule has 1 amide bonds. The number of allylic oxidation sites excluding steroid dienone is 1. The first-order valence-electron chi connectivity index (χ1n) is 22.3. The highest BCUT2D eigenvalue weighted by Crippen LogP contribution is 2.62. The molecular weight excluding hydrogens is 860 g/mol. The van der Waals surface area contributed by atoms with E-state index in [1.165, 1.54) is 17.0 Å². The molecule has 17 heteroatoms. The number of fused-ring (bicyclic) bond motifs is 2. The fourth-order valence-corrected chi connectivity index (χ4v) is 9.46. The van der Waals surface area contributed by atoms with Gasteiger partial charge in [0.2, 0.25) is 5.79 Å². The fourth-order valence-electron chi connectivity index (χ4n) is 9.39. The first-order chi connectivity index (χ1) is 31.7. The highest BCUT2D eigenvalue weighted by Gasteiger charge is 2.65. The van der Waals surface area contributed by atoms with Crippen LogP contribution in [0.2, 0.25) is 0 Å². The molecule has 0 spiro atoms. The van der Waals surface area contributed by atoms with Gasteiger partial charge in [-0.3, -0.25) is 20.0 Å². The van der Waals surface area contributed by atoms with Crippen molar-refractivity contribution in [2.45, 2.75) is 82.8 Å². The average Bonchev–Trinajstić information content (AvgIpc) is 3.31. The SMILES string of the molecule is C=CCOC12Oc3ccc(OCc4cccc(C)n4)cc3C3C(CCCCO)C(CCCCO)C=C(C(=NOCc4ccc([N+](=O)[O-])cc4)CC1N(CCOCCO)C(=O)OCCCl)C32. The molecule has 1 fully saturated rings. The molecule has 3 aromatic rings. The number of hydrogen-bond acceptors (Lipinski definition) is 14. The number of carbonyl (C=O) groups is 1. The van der Waals surface area contributed by atoms with E-state index in [0.717, 1.165) is 48.2 Å². The standard InChI is InChI=1S/C48H61ClN4O12/c1-3-24-63-48-44(52(20-26-60-27-23-56)47(57)61-25-19-49)30-42(51-64-31-34-13-15-37(16-14-34)53(58)59)40-28-35(10-4-6-21-54)39(12-5-7-22-55)45(46(40)48)41-29-38(17-18-43(41)65-48)62-32-36-11-8-9-33(2)50-36/h3,8-9,11,13-18,28-29,35,39,44-46,54-56H,1,4-7,10,12,19-27,30-32H2,2H3. The van der Waals surface area contributed by atoms with Gasteiger partial charge in [-0.2, -0.15) is 0 Å². The summed E-state index contributed by atoms with van der Waals surface area (Å²) >= 11 is 6.04. The highest BCUT2D eigenvalue weighted by atomic mass is 35.5. The number of aliphatic hydroxyl groups excluding tert-OH is 3. The Kier molecular flexibility index (Phi) is 18.5. The number of non-ortho nitro benzene ring substituents is 1. The van der Waals surface area contributed by atoms with Gasteiger partial charge in [0.25, 0.3) is 5.69 Å². The number of halogens is 1. The van der Waals surface area contributed by atoms with E-state index in [0.29, 0.717) is 35.6 Å². The van der Waals surface area contributed by atoms with E-state index in [4.69, 9.17) is 45.3 Å². The summed E-state index contributed by atoms with van der Waals surface area (Å²) in [5.74, 6) is -1.34. The number of ether oxygens (including phenoxy) is 5. The van der Waals surface area contributed by atoms with Gasteiger partial charge in [-0.25, -0.2) is 4.79 Å². The zero-order valence-electron chi connectivity index (χ0n) is 36.9. The molecule has 0 saturated heterocycles. The van der Waals surface area contributed by atoms with Crippen LogP contribution in [0, 0.1) is 34.8 Å². The van der Waals surface area contributed by atoms with Crippen LogP contribution < -0.4 is 9.47 Å². The Morgan fingerprint density at radius 1 is 1.03 bits per heavy atom. The molecule has 2 aromatic carbocycles. The second-order valence-corrected chi connectivity index (χ2v) is 16.7. The molecule has 1 aliphatic heterocycles. The van der Waals surface area contributed by atoms with Crippen LogP contribution in [0.25, 0.3) is 0 Å². The maximum absolute atomic E-state index is 14.3. The molecule has 3 aliphatic rings.